The number of para-hydroxylation sites is 3. The first-order chi connectivity index (χ1) is 24.1. The second-order valence-corrected chi connectivity index (χ2v) is 15.2. The lowest BCUT2D eigenvalue weighted by atomic mass is 9.83. The zero-order chi connectivity index (χ0) is 34.7. The van der Waals surface area contributed by atoms with Crippen LogP contribution in [-0.4, -0.2) is 9.55 Å². The van der Waals surface area contributed by atoms with Gasteiger partial charge in [0.2, 0.25) is 0 Å². The van der Waals surface area contributed by atoms with E-state index in [9.17, 15) is 0 Å². The number of rotatable bonds is 6. The van der Waals surface area contributed by atoms with Gasteiger partial charge in [-0.1, -0.05) is 139 Å². The van der Waals surface area contributed by atoms with E-state index in [2.05, 4.69) is 180 Å². The molecule has 0 radical (unpaired) electrons. The van der Waals surface area contributed by atoms with Crippen molar-refractivity contribution in [2.24, 2.45) is 0 Å². The van der Waals surface area contributed by atoms with Crippen LogP contribution in [0.15, 0.2) is 132 Å². The molecule has 8 rings (SSSR count). The number of imidazole rings is 1. The number of aromatic nitrogens is 2. The van der Waals surface area contributed by atoms with Crippen molar-refractivity contribution in [3.63, 3.8) is 0 Å². The Morgan fingerprint density at radius 1 is 0.600 bits per heavy atom. The Kier molecular flexibility index (Phi) is 7.75. The first kappa shape index (κ1) is 31.8. The largest absolute Gasteiger partial charge is 0.455 e. The molecule has 3 heteroatoms. The van der Waals surface area contributed by atoms with Gasteiger partial charge in [-0.2, -0.15) is 0 Å². The fraction of sp³-hybridized carbons (Fsp3) is 0.213. The molecule has 2 heterocycles. The van der Waals surface area contributed by atoms with Gasteiger partial charge in [0.15, 0.2) is 0 Å². The van der Waals surface area contributed by atoms with Crippen LogP contribution in [0.25, 0.3) is 72.3 Å². The van der Waals surface area contributed by atoms with Crippen molar-refractivity contribution >= 4 is 33.0 Å². The van der Waals surface area contributed by atoms with Crippen molar-refractivity contribution < 1.29 is 4.42 Å². The summed E-state index contributed by atoms with van der Waals surface area (Å²) in [5, 5.41) is 2.32. The Morgan fingerprint density at radius 3 is 1.84 bits per heavy atom. The minimum Gasteiger partial charge on any atom is -0.455 e. The zero-order valence-corrected chi connectivity index (χ0v) is 30.1. The zero-order valence-electron chi connectivity index (χ0n) is 30.1. The van der Waals surface area contributed by atoms with Crippen molar-refractivity contribution in [2.75, 3.05) is 0 Å². The second-order valence-electron chi connectivity index (χ2n) is 15.2. The molecule has 0 aliphatic heterocycles. The van der Waals surface area contributed by atoms with Gasteiger partial charge >= 0.3 is 0 Å². The van der Waals surface area contributed by atoms with Gasteiger partial charge in [-0.25, -0.2) is 4.98 Å². The molecule has 0 N–H and O–H groups in total. The van der Waals surface area contributed by atoms with Crippen LogP contribution in [0.3, 0.4) is 0 Å². The normalized spacial score (nSPS) is 12.3. The van der Waals surface area contributed by atoms with Crippen LogP contribution in [-0.2, 0) is 5.41 Å². The third-order valence-corrected chi connectivity index (χ3v) is 10.1. The molecule has 0 atom stereocenters. The predicted octanol–water partition coefficient (Wildman–Crippen LogP) is 13.5. The van der Waals surface area contributed by atoms with E-state index in [1.165, 1.54) is 50.0 Å². The third kappa shape index (κ3) is 5.33. The Labute approximate surface area is 295 Å². The molecule has 0 aliphatic rings. The topological polar surface area (TPSA) is 31.0 Å². The molecule has 2 aromatic heterocycles. The molecule has 0 fully saturated rings. The SMILES string of the molecule is CC(C)c1cc(-c2ccc(-c3ccccc3)cc2)cc(C(C)C)c1-n1c(-c2ccc(C(C)(C)C)c3c2oc2ccccc23)nc2ccccc21. The van der Waals surface area contributed by atoms with E-state index in [0.29, 0.717) is 0 Å². The summed E-state index contributed by atoms with van der Waals surface area (Å²) < 4.78 is 9.20. The Balaban J connectivity index is 1.40. The summed E-state index contributed by atoms with van der Waals surface area (Å²) in [5.74, 6) is 1.45. The molecule has 248 valence electrons. The van der Waals surface area contributed by atoms with E-state index in [4.69, 9.17) is 9.40 Å². The van der Waals surface area contributed by atoms with Crippen LogP contribution in [0.1, 0.15) is 77.0 Å². The summed E-state index contributed by atoms with van der Waals surface area (Å²) in [4.78, 5) is 5.39. The van der Waals surface area contributed by atoms with Gasteiger partial charge in [0.1, 0.15) is 17.0 Å². The Morgan fingerprint density at radius 2 is 1.18 bits per heavy atom. The molecule has 0 amide bonds. The molecule has 3 nitrogen and oxygen atoms in total. The highest BCUT2D eigenvalue weighted by Crippen LogP contribution is 2.45. The average Bonchev–Trinajstić information content (AvgIpc) is 3.70. The highest BCUT2D eigenvalue weighted by molar-refractivity contribution is 6.11. The minimum absolute atomic E-state index is 0.0612. The lowest BCUT2D eigenvalue weighted by Crippen LogP contribution is -2.12. The lowest BCUT2D eigenvalue weighted by molar-refractivity contribution is 0.595. The van der Waals surface area contributed by atoms with Crippen molar-refractivity contribution in [3.05, 3.63) is 144 Å². The fourth-order valence-corrected chi connectivity index (χ4v) is 7.53. The molecule has 0 saturated carbocycles. The average molecular weight is 653 g/mol. The van der Waals surface area contributed by atoms with Crippen LogP contribution in [0.4, 0.5) is 0 Å². The van der Waals surface area contributed by atoms with Crippen molar-refractivity contribution in [2.45, 2.75) is 65.7 Å². The quantitative estimate of drug-likeness (QED) is 0.179. The summed E-state index contributed by atoms with van der Waals surface area (Å²) in [6.07, 6.45) is 0. The summed E-state index contributed by atoms with van der Waals surface area (Å²) in [6.45, 7) is 16.1. The smallest absolute Gasteiger partial charge is 0.149 e. The molecular weight excluding hydrogens is 609 g/mol. The molecule has 0 unspecified atom stereocenters. The number of hydrogen-bond acceptors (Lipinski definition) is 2. The van der Waals surface area contributed by atoms with Crippen molar-refractivity contribution in [3.8, 4) is 39.3 Å². The molecule has 6 aromatic carbocycles. The highest BCUT2D eigenvalue weighted by atomic mass is 16.3. The highest BCUT2D eigenvalue weighted by Gasteiger charge is 2.28. The van der Waals surface area contributed by atoms with Crippen LogP contribution >= 0.6 is 0 Å². The lowest BCUT2D eigenvalue weighted by Gasteiger charge is -2.25. The van der Waals surface area contributed by atoms with Gasteiger partial charge in [-0.15, -0.1) is 0 Å². The second kappa shape index (κ2) is 12.2. The predicted molar refractivity (Wildman–Crippen MR) is 212 cm³/mol. The molecule has 8 aromatic rings. The summed E-state index contributed by atoms with van der Waals surface area (Å²) in [5.41, 5.74) is 14.8. The van der Waals surface area contributed by atoms with Crippen LogP contribution < -0.4 is 0 Å². The van der Waals surface area contributed by atoms with Crippen LogP contribution in [0.5, 0.6) is 0 Å². The van der Waals surface area contributed by atoms with E-state index in [1.807, 2.05) is 0 Å². The summed E-state index contributed by atoms with van der Waals surface area (Å²) in [7, 11) is 0. The standard InChI is InChI=1S/C47H44N2O/c1-29(2)37-27-34(33-23-21-32(22-24-33)31-15-9-8-10-16-31)28-38(30(3)4)44(37)49-41-19-13-12-18-40(41)48-46(49)36-25-26-39(47(5,6)7)43-35-17-11-14-20-42(35)50-45(36)43/h8-30H,1-7H3. The van der Waals surface area contributed by atoms with Crippen molar-refractivity contribution in [1.29, 1.82) is 0 Å². The molecule has 0 spiro atoms. The maximum absolute atomic E-state index is 6.78. The van der Waals surface area contributed by atoms with E-state index in [1.54, 1.807) is 0 Å². The van der Waals surface area contributed by atoms with Crippen LogP contribution in [0.2, 0.25) is 0 Å². The van der Waals surface area contributed by atoms with Gasteiger partial charge in [-0.3, -0.25) is 4.57 Å². The minimum atomic E-state index is -0.0612. The van der Waals surface area contributed by atoms with E-state index in [-0.39, 0.29) is 17.3 Å². The van der Waals surface area contributed by atoms with Gasteiger partial charge in [0.05, 0.1) is 22.3 Å². The van der Waals surface area contributed by atoms with E-state index in [0.717, 1.165) is 39.0 Å². The number of hydrogen-bond donors (Lipinski definition) is 0. The summed E-state index contributed by atoms with van der Waals surface area (Å²) in [6, 6.07) is 45.9. The molecule has 0 saturated heterocycles. The number of furan rings is 1. The fourth-order valence-electron chi connectivity index (χ4n) is 7.53. The Bertz CT molecular complexity index is 2480. The molecular formula is C47H44N2O. The number of nitrogens with zero attached hydrogens (tertiary/aromatic N) is 2. The third-order valence-electron chi connectivity index (χ3n) is 10.1. The van der Waals surface area contributed by atoms with Gasteiger partial charge in [0, 0.05) is 10.8 Å². The monoisotopic (exact) mass is 652 g/mol. The molecule has 0 bridgehead atoms. The van der Waals surface area contributed by atoms with E-state index >= 15 is 0 Å². The number of fused-ring (bicyclic) bond motifs is 4. The van der Waals surface area contributed by atoms with Gasteiger partial charge < -0.3 is 4.42 Å². The summed E-state index contributed by atoms with van der Waals surface area (Å²) >= 11 is 0. The Hall–Kier alpha value is -5.41. The van der Waals surface area contributed by atoms with Crippen LogP contribution in [0, 0.1) is 0 Å². The van der Waals surface area contributed by atoms with Crippen molar-refractivity contribution in [1.82, 2.24) is 9.55 Å². The maximum Gasteiger partial charge on any atom is 0.149 e. The van der Waals surface area contributed by atoms with Gasteiger partial charge in [-0.05, 0) is 92.6 Å². The van der Waals surface area contributed by atoms with E-state index < -0.39 is 0 Å². The van der Waals surface area contributed by atoms with Gasteiger partial charge in [0.25, 0.3) is 0 Å². The first-order valence-corrected chi connectivity index (χ1v) is 17.9. The molecule has 50 heavy (non-hydrogen) atoms. The maximum atomic E-state index is 6.78. The number of benzene rings is 6. The molecule has 0 aliphatic carbocycles. The first-order valence-electron chi connectivity index (χ1n) is 17.9.